The topological polar surface area (TPSA) is 160 Å². The molecule has 0 saturated heterocycles. The normalized spacial score (nSPS) is 38.2. The van der Waals surface area contributed by atoms with Crippen molar-refractivity contribution in [3.05, 3.63) is 0 Å². The number of rotatable bonds is 11. The van der Waals surface area contributed by atoms with Crippen LogP contribution in [0.3, 0.4) is 0 Å². The number of alkyl halides is 3. The molecule has 48 heavy (non-hydrogen) atoms. The van der Waals surface area contributed by atoms with Crippen LogP contribution in [-0.4, -0.2) is 73.2 Å². The van der Waals surface area contributed by atoms with E-state index in [1.807, 2.05) is 6.92 Å². The van der Waals surface area contributed by atoms with Gasteiger partial charge in [0, 0.05) is 31.6 Å². The molecule has 0 heterocycles. The second-order valence-electron chi connectivity index (χ2n) is 15.3. The molecule has 4 aliphatic rings. The lowest BCUT2D eigenvalue weighted by Gasteiger charge is -2.64. The Hall–Kier alpha value is -2.42. The van der Waals surface area contributed by atoms with Gasteiger partial charge in [-0.05, 0) is 93.3 Å². The molecule has 0 spiro atoms. The van der Waals surface area contributed by atoms with E-state index in [2.05, 4.69) is 18.6 Å². The van der Waals surface area contributed by atoms with Crippen molar-refractivity contribution in [3.63, 3.8) is 0 Å². The van der Waals surface area contributed by atoms with E-state index in [-0.39, 0.29) is 59.4 Å². The Morgan fingerprint density at radius 2 is 1.65 bits per heavy atom. The maximum atomic E-state index is 13.7. The second-order valence-corrected chi connectivity index (χ2v) is 16.8. The fourth-order valence-electron chi connectivity index (χ4n) is 10.4. The van der Waals surface area contributed by atoms with Crippen molar-refractivity contribution in [2.24, 2.45) is 46.3 Å². The van der Waals surface area contributed by atoms with Gasteiger partial charge in [0.15, 0.2) is 0 Å². The van der Waals surface area contributed by atoms with Gasteiger partial charge in [-0.3, -0.25) is 23.7 Å². The van der Waals surface area contributed by atoms with Crippen molar-refractivity contribution in [2.45, 2.75) is 129 Å². The number of fused-ring (bicyclic) bond motifs is 5. The smallest absolute Gasteiger partial charge is 0.429 e. The average molecular weight is 711 g/mol. The lowest BCUT2D eigenvalue weighted by Crippen LogP contribution is -2.63. The van der Waals surface area contributed by atoms with Crippen molar-refractivity contribution in [1.29, 1.82) is 0 Å². The summed E-state index contributed by atoms with van der Waals surface area (Å²) in [4.78, 5) is 48.8. The molecule has 4 saturated carbocycles. The molecule has 0 aliphatic heterocycles. The second kappa shape index (κ2) is 13.7. The average Bonchev–Trinajstić information content (AvgIpc) is 3.29. The Morgan fingerprint density at radius 3 is 2.21 bits per heavy atom. The van der Waals surface area contributed by atoms with Crippen LogP contribution >= 0.6 is 0 Å². The number of esters is 3. The molecule has 4 rings (SSSR count). The van der Waals surface area contributed by atoms with Crippen LogP contribution in [0.4, 0.5) is 13.2 Å². The minimum Gasteiger partial charge on any atom is -0.464 e. The molecule has 5 unspecified atom stereocenters. The van der Waals surface area contributed by atoms with Crippen LogP contribution in [0.25, 0.3) is 0 Å². The van der Waals surface area contributed by atoms with E-state index in [0.29, 0.717) is 45.5 Å². The first-order chi connectivity index (χ1) is 22.1. The van der Waals surface area contributed by atoms with E-state index in [9.17, 15) is 40.8 Å². The first-order valence-corrected chi connectivity index (χ1v) is 18.3. The van der Waals surface area contributed by atoms with Gasteiger partial charge < -0.3 is 18.9 Å². The molecule has 0 bridgehead atoms. The van der Waals surface area contributed by atoms with Gasteiger partial charge in [-0.2, -0.15) is 21.6 Å². The molecule has 11 nitrogen and oxygen atoms in total. The number of carbonyl (C=O) groups excluding carboxylic acids is 4. The molecule has 274 valence electrons. The first-order valence-electron chi connectivity index (χ1n) is 16.7. The standard InChI is InChI=1S/C33H49F3O11S/c1-18(7-10-28(40)47-31(5,33(34,35)36)16-48(41,42)43)23-8-9-24-29-25(15-27(32(23,24)6)46-20(3)39)30(4)12-11-22(45-19(2)38)13-21(30)14-26(29)44-17-37/h17-18,21-27,29H,7-16H2,1-6H3,(H,41,42,43)/t18-,21?,22?,23-,24+,25+,26?,27?,29+,30+,31?,32-/m1/s1. The van der Waals surface area contributed by atoms with E-state index in [1.165, 1.54) is 13.8 Å². The fourth-order valence-corrected chi connectivity index (χ4v) is 11.3. The zero-order valence-electron chi connectivity index (χ0n) is 28.4. The molecular formula is C33H49F3O11S. The number of carbonyl (C=O) groups is 4. The van der Waals surface area contributed by atoms with Gasteiger partial charge in [-0.15, -0.1) is 0 Å². The minimum absolute atomic E-state index is 0.0304. The Balaban J connectivity index is 1.58. The van der Waals surface area contributed by atoms with Gasteiger partial charge in [0.05, 0.1) is 0 Å². The molecule has 0 aromatic carbocycles. The van der Waals surface area contributed by atoms with E-state index >= 15 is 0 Å². The summed E-state index contributed by atoms with van der Waals surface area (Å²) in [5.41, 5.74) is -4.22. The lowest BCUT2D eigenvalue weighted by molar-refractivity contribution is -0.256. The summed E-state index contributed by atoms with van der Waals surface area (Å²) in [6.07, 6.45) is -2.03. The SMILES string of the molecule is CC(=O)OC1CC[C@@]2(C)C(C1)CC(OC=O)[C@H]1[C@@H]3CC[C@H]([C@H](C)CCC(=O)OC(C)(CS(=O)(=O)O)C(F)(F)F)[C@@]3(C)C(OC(C)=O)C[C@@H]12. The van der Waals surface area contributed by atoms with Gasteiger partial charge in [0.2, 0.25) is 5.60 Å². The Labute approximate surface area is 280 Å². The summed E-state index contributed by atoms with van der Waals surface area (Å²) >= 11 is 0. The van der Waals surface area contributed by atoms with Crippen LogP contribution in [0.15, 0.2) is 0 Å². The molecule has 4 fully saturated rings. The third-order valence-electron chi connectivity index (χ3n) is 12.5. The van der Waals surface area contributed by atoms with Crippen molar-refractivity contribution < 1.29 is 64.3 Å². The van der Waals surface area contributed by atoms with Crippen LogP contribution < -0.4 is 0 Å². The number of hydrogen-bond acceptors (Lipinski definition) is 10. The monoisotopic (exact) mass is 710 g/mol. The number of halogens is 3. The van der Waals surface area contributed by atoms with E-state index < -0.39 is 63.6 Å². The number of hydrogen-bond donors (Lipinski definition) is 1. The minimum atomic E-state index is -5.25. The van der Waals surface area contributed by atoms with E-state index in [0.717, 1.165) is 12.8 Å². The molecule has 1 N–H and O–H groups in total. The van der Waals surface area contributed by atoms with Crippen molar-refractivity contribution in [3.8, 4) is 0 Å². The highest BCUT2D eigenvalue weighted by Crippen LogP contribution is 2.69. The molecule has 15 heteroatoms. The van der Waals surface area contributed by atoms with E-state index in [4.69, 9.17) is 18.8 Å². The molecule has 0 aromatic heterocycles. The van der Waals surface area contributed by atoms with Gasteiger partial charge >= 0.3 is 24.1 Å². The summed E-state index contributed by atoms with van der Waals surface area (Å²) in [6, 6.07) is 0. The lowest BCUT2D eigenvalue weighted by atomic mass is 9.43. The van der Waals surface area contributed by atoms with Crippen LogP contribution in [0.1, 0.15) is 99.3 Å². The van der Waals surface area contributed by atoms with Gasteiger partial charge in [0.25, 0.3) is 16.6 Å². The highest BCUT2D eigenvalue weighted by Gasteiger charge is 2.67. The van der Waals surface area contributed by atoms with Crippen LogP contribution in [0.2, 0.25) is 0 Å². The van der Waals surface area contributed by atoms with Crippen molar-refractivity contribution in [1.82, 2.24) is 0 Å². The van der Waals surface area contributed by atoms with Crippen LogP contribution in [0.5, 0.6) is 0 Å². The largest absolute Gasteiger partial charge is 0.464 e. The highest BCUT2D eigenvalue weighted by molar-refractivity contribution is 7.85. The maximum absolute atomic E-state index is 13.7. The third-order valence-corrected chi connectivity index (χ3v) is 13.4. The Kier molecular flexibility index (Phi) is 11.0. The third kappa shape index (κ3) is 7.51. The first kappa shape index (κ1) is 38.4. The highest BCUT2D eigenvalue weighted by atomic mass is 32.2. The van der Waals surface area contributed by atoms with Crippen molar-refractivity contribution >= 4 is 34.5 Å². The molecule has 12 atom stereocenters. The predicted molar refractivity (Wildman–Crippen MR) is 163 cm³/mol. The van der Waals surface area contributed by atoms with Gasteiger partial charge in [-0.25, -0.2) is 0 Å². The van der Waals surface area contributed by atoms with Crippen LogP contribution in [-0.2, 0) is 48.2 Å². The zero-order valence-corrected chi connectivity index (χ0v) is 29.2. The molecule has 0 radical (unpaired) electrons. The fraction of sp³-hybridized carbons (Fsp3) is 0.879. The molecule has 0 amide bonds. The van der Waals surface area contributed by atoms with Gasteiger partial charge in [-0.1, -0.05) is 20.8 Å². The molecular weight excluding hydrogens is 661 g/mol. The zero-order chi connectivity index (χ0) is 36.0. The Bertz CT molecular complexity index is 1350. The van der Waals surface area contributed by atoms with E-state index in [1.54, 1.807) is 0 Å². The predicted octanol–water partition coefficient (Wildman–Crippen LogP) is 5.44. The summed E-state index contributed by atoms with van der Waals surface area (Å²) in [5, 5.41) is 0. The summed E-state index contributed by atoms with van der Waals surface area (Å²) in [6.45, 7) is 9.81. The summed E-state index contributed by atoms with van der Waals surface area (Å²) in [7, 11) is -5.12. The van der Waals surface area contributed by atoms with Gasteiger partial charge in [0.1, 0.15) is 24.1 Å². The van der Waals surface area contributed by atoms with Crippen LogP contribution in [0, 0.1) is 46.3 Å². The number of ether oxygens (including phenoxy) is 4. The molecule has 4 aliphatic carbocycles. The summed E-state index contributed by atoms with van der Waals surface area (Å²) in [5.74, 6) is -4.15. The quantitative estimate of drug-likeness (QED) is 0.126. The molecule has 0 aromatic rings. The Morgan fingerprint density at radius 1 is 1.00 bits per heavy atom. The summed E-state index contributed by atoms with van der Waals surface area (Å²) < 4.78 is 94.9. The maximum Gasteiger partial charge on any atom is 0.429 e. The van der Waals surface area contributed by atoms with Crippen molar-refractivity contribution in [2.75, 3.05) is 5.75 Å².